The van der Waals surface area contributed by atoms with Gasteiger partial charge in [0.15, 0.2) is 17.4 Å². The van der Waals surface area contributed by atoms with Gasteiger partial charge in [-0.15, -0.1) is 11.3 Å². The van der Waals surface area contributed by atoms with Crippen LogP contribution in [0.3, 0.4) is 0 Å². The summed E-state index contributed by atoms with van der Waals surface area (Å²) in [6, 6.07) is 10.8. The zero-order valence-corrected chi connectivity index (χ0v) is 13.8. The molecule has 0 aliphatic carbocycles. The second kappa shape index (κ2) is 6.60. The van der Waals surface area contributed by atoms with Crippen molar-refractivity contribution in [2.24, 2.45) is 0 Å². The summed E-state index contributed by atoms with van der Waals surface area (Å²) in [4.78, 5) is 13.4. The molecule has 1 heterocycles. The maximum atomic E-state index is 14.3. The molecule has 0 atom stereocenters. The first kappa shape index (κ1) is 17.0. The van der Waals surface area contributed by atoms with Crippen LogP contribution >= 0.6 is 11.3 Å². The number of ether oxygens (including phenoxy) is 1. The number of methoxy groups -OCH3 is 1. The third-order valence-electron chi connectivity index (χ3n) is 3.57. The van der Waals surface area contributed by atoms with Gasteiger partial charge in [-0.3, -0.25) is 4.79 Å². The summed E-state index contributed by atoms with van der Waals surface area (Å²) in [6.07, 6.45) is 0. The predicted molar refractivity (Wildman–Crippen MR) is 90.5 cm³/mol. The first-order valence-corrected chi connectivity index (χ1v) is 7.96. The van der Waals surface area contributed by atoms with Gasteiger partial charge in [0.25, 0.3) is 0 Å². The van der Waals surface area contributed by atoms with Crippen LogP contribution in [0.15, 0.2) is 42.5 Å². The first-order valence-electron chi connectivity index (χ1n) is 7.14. The van der Waals surface area contributed by atoms with Gasteiger partial charge in [0.05, 0.1) is 17.6 Å². The van der Waals surface area contributed by atoms with Crippen LogP contribution in [0, 0.1) is 17.5 Å². The summed E-state index contributed by atoms with van der Waals surface area (Å²) in [5, 5.41) is 0. The number of rotatable bonds is 4. The molecule has 0 saturated carbocycles. The fraction of sp³-hybridized carbons (Fsp3) is 0.0556. The Labute approximate surface area is 145 Å². The minimum Gasteiger partial charge on any atom is -0.491 e. The Morgan fingerprint density at radius 2 is 1.84 bits per heavy atom. The maximum Gasteiger partial charge on any atom is 0.206 e. The average molecular weight is 363 g/mol. The van der Waals surface area contributed by atoms with Crippen molar-refractivity contribution in [3.05, 3.63) is 70.4 Å². The van der Waals surface area contributed by atoms with Gasteiger partial charge in [0.2, 0.25) is 11.6 Å². The largest absolute Gasteiger partial charge is 0.491 e. The summed E-state index contributed by atoms with van der Waals surface area (Å²) in [5.41, 5.74) is 6.51. The summed E-state index contributed by atoms with van der Waals surface area (Å²) in [5.74, 6) is -5.73. The van der Waals surface area contributed by atoms with Crippen LogP contribution in [0.5, 0.6) is 5.75 Å². The van der Waals surface area contributed by atoms with Crippen molar-refractivity contribution in [1.82, 2.24) is 0 Å². The molecule has 0 spiro atoms. The second-order valence-electron chi connectivity index (χ2n) is 5.19. The number of nitrogens with two attached hydrogens (primary N) is 1. The van der Waals surface area contributed by atoms with E-state index in [0.29, 0.717) is 11.8 Å². The zero-order chi connectivity index (χ0) is 18.1. The molecule has 3 aromatic rings. The maximum absolute atomic E-state index is 14.3. The van der Waals surface area contributed by atoms with Crippen LogP contribution in [0.1, 0.15) is 15.2 Å². The Balaban J connectivity index is 2.02. The fourth-order valence-electron chi connectivity index (χ4n) is 2.36. The quantitative estimate of drug-likeness (QED) is 0.417. The number of nitrogen functional groups attached to an aromatic ring is 1. The minimum atomic E-state index is -1.47. The van der Waals surface area contributed by atoms with E-state index in [4.69, 9.17) is 5.73 Å². The Bertz CT molecular complexity index is 969. The molecule has 2 aromatic carbocycles. The Hall–Kier alpha value is -2.80. The van der Waals surface area contributed by atoms with Crippen molar-refractivity contribution < 1.29 is 22.7 Å². The molecule has 0 saturated heterocycles. The summed E-state index contributed by atoms with van der Waals surface area (Å²) in [7, 11) is 0.998. The molecule has 3 rings (SSSR count). The van der Waals surface area contributed by atoms with Gasteiger partial charge in [0.1, 0.15) is 0 Å². The number of thiophene rings is 1. The van der Waals surface area contributed by atoms with Crippen molar-refractivity contribution in [1.29, 1.82) is 0 Å². The number of anilines is 1. The molecule has 3 nitrogen and oxygen atoms in total. The van der Waals surface area contributed by atoms with E-state index in [1.54, 1.807) is 24.3 Å². The summed E-state index contributed by atoms with van der Waals surface area (Å²) < 4.78 is 45.9. The average Bonchev–Trinajstić information content (AvgIpc) is 3.08. The van der Waals surface area contributed by atoms with Crippen LogP contribution in [0.4, 0.5) is 18.9 Å². The summed E-state index contributed by atoms with van der Waals surface area (Å²) in [6.45, 7) is 0. The Morgan fingerprint density at radius 1 is 1.08 bits per heavy atom. The van der Waals surface area contributed by atoms with Gasteiger partial charge >= 0.3 is 0 Å². The van der Waals surface area contributed by atoms with Crippen molar-refractivity contribution >= 4 is 22.8 Å². The lowest BCUT2D eigenvalue weighted by Crippen LogP contribution is -2.07. The molecular weight excluding hydrogens is 351 g/mol. The molecular formula is C18H12F3NO2S. The number of ketones is 1. The first-order chi connectivity index (χ1) is 11.9. The third kappa shape index (κ3) is 3.10. The highest BCUT2D eigenvalue weighted by atomic mass is 32.1. The number of hydrogen-bond donors (Lipinski definition) is 1. The molecule has 2 N–H and O–H groups in total. The highest BCUT2D eigenvalue weighted by molar-refractivity contribution is 7.17. The molecule has 1 aromatic heterocycles. The van der Waals surface area contributed by atoms with Crippen LogP contribution < -0.4 is 10.5 Å². The van der Waals surface area contributed by atoms with Crippen LogP contribution in [0.25, 0.3) is 10.4 Å². The van der Waals surface area contributed by atoms with E-state index >= 15 is 0 Å². The van der Waals surface area contributed by atoms with Crippen LogP contribution in [0.2, 0.25) is 0 Å². The van der Waals surface area contributed by atoms with E-state index < -0.39 is 34.5 Å². The molecule has 128 valence electrons. The van der Waals surface area contributed by atoms with Crippen LogP contribution in [-0.4, -0.2) is 12.9 Å². The number of benzene rings is 2. The molecule has 0 aliphatic heterocycles. The lowest BCUT2D eigenvalue weighted by molar-refractivity contribution is 0.103. The lowest BCUT2D eigenvalue weighted by atomic mass is 10.1. The van der Waals surface area contributed by atoms with Gasteiger partial charge in [-0.2, -0.15) is 4.39 Å². The zero-order valence-electron chi connectivity index (χ0n) is 13.0. The van der Waals surface area contributed by atoms with Gasteiger partial charge in [-0.05, 0) is 35.9 Å². The van der Waals surface area contributed by atoms with Gasteiger partial charge < -0.3 is 10.5 Å². The van der Waals surface area contributed by atoms with Gasteiger partial charge in [0, 0.05) is 10.6 Å². The van der Waals surface area contributed by atoms with Crippen LogP contribution in [-0.2, 0) is 0 Å². The SMILES string of the molecule is COc1c(F)c(F)cc(C(=O)c2ccc(-c3cccc(N)c3)s2)c1F. The highest BCUT2D eigenvalue weighted by Gasteiger charge is 2.25. The molecule has 7 heteroatoms. The molecule has 25 heavy (non-hydrogen) atoms. The Kier molecular flexibility index (Phi) is 4.50. The van der Waals surface area contributed by atoms with E-state index in [2.05, 4.69) is 4.74 Å². The van der Waals surface area contributed by atoms with E-state index in [-0.39, 0.29) is 4.88 Å². The monoisotopic (exact) mass is 363 g/mol. The van der Waals surface area contributed by atoms with Crippen molar-refractivity contribution in [3.63, 3.8) is 0 Å². The molecule has 0 radical (unpaired) electrons. The lowest BCUT2D eigenvalue weighted by Gasteiger charge is -2.08. The topological polar surface area (TPSA) is 52.3 Å². The van der Waals surface area contributed by atoms with E-state index in [9.17, 15) is 18.0 Å². The van der Waals surface area contributed by atoms with E-state index in [1.807, 2.05) is 6.07 Å². The number of halogens is 3. The van der Waals surface area contributed by atoms with Crippen molar-refractivity contribution in [2.45, 2.75) is 0 Å². The predicted octanol–water partition coefficient (Wildman–Crippen LogP) is 4.65. The standard InChI is InChI=1S/C18H12F3NO2S/c1-24-18-15(20)11(8-12(19)16(18)21)17(23)14-6-5-13(25-14)9-3-2-4-10(22)7-9/h2-8H,22H2,1H3. The number of hydrogen-bond acceptors (Lipinski definition) is 4. The number of carbonyl (C=O) groups is 1. The van der Waals surface area contributed by atoms with Gasteiger partial charge in [-0.25, -0.2) is 8.78 Å². The van der Waals surface area contributed by atoms with Crippen molar-refractivity contribution in [2.75, 3.05) is 12.8 Å². The van der Waals surface area contributed by atoms with E-state index in [0.717, 1.165) is 28.9 Å². The normalized spacial score (nSPS) is 10.7. The molecule has 0 amide bonds. The molecule has 0 fully saturated rings. The second-order valence-corrected chi connectivity index (χ2v) is 6.27. The molecule has 0 aliphatic rings. The minimum absolute atomic E-state index is 0.185. The van der Waals surface area contributed by atoms with Crippen molar-refractivity contribution in [3.8, 4) is 16.2 Å². The fourth-order valence-corrected chi connectivity index (χ4v) is 3.32. The van der Waals surface area contributed by atoms with Gasteiger partial charge in [-0.1, -0.05) is 12.1 Å². The Morgan fingerprint density at radius 3 is 2.52 bits per heavy atom. The number of carbonyl (C=O) groups excluding carboxylic acids is 1. The smallest absolute Gasteiger partial charge is 0.206 e. The molecule has 0 bridgehead atoms. The summed E-state index contributed by atoms with van der Waals surface area (Å²) >= 11 is 1.10. The molecule has 0 unspecified atom stereocenters. The van der Waals surface area contributed by atoms with E-state index in [1.165, 1.54) is 6.07 Å². The third-order valence-corrected chi connectivity index (χ3v) is 4.70. The highest BCUT2D eigenvalue weighted by Crippen LogP contribution is 2.33.